The second-order valence-corrected chi connectivity index (χ2v) is 9.38. The molecular weight excluding hydrogens is 390 g/mol. The molecule has 2 atom stereocenters. The number of aliphatic hydroxyl groups is 1. The van der Waals surface area contributed by atoms with Gasteiger partial charge in [0.25, 0.3) is 0 Å². The van der Waals surface area contributed by atoms with Crippen LogP contribution in [0.1, 0.15) is 39.0 Å². The molecule has 0 saturated carbocycles. The molecule has 2 heterocycles. The number of likely N-dealkylation sites (tertiary alicyclic amines) is 2. The summed E-state index contributed by atoms with van der Waals surface area (Å²) in [5, 5.41) is 24.8. The van der Waals surface area contributed by atoms with Gasteiger partial charge in [0.2, 0.25) is 0 Å². The van der Waals surface area contributed by atoms with Crippen LogP contribution in [0, 0.1) is 5.41 Å². The van der Waals surface area contributed by atoms with E-state index in [1.807, 2.05) is 6.92 Å². The monoisotopic (exact) mass is 423 g/mol. The highest BCUT2D eigenvalue weighted by Gasteiger charge is 2.28. The first kappa shape index (κ1) is 21.6. The van der Waals surface area contributed by atoms with Crippen molar-refractivity contribution in [2.45, 2.75) is 57.2 Å². The van der Waals surface area contributed by atoms with E-state index in [0.717, 1.165) is 51.2 Å². The maximum Gasteiger partial charge on any atom is 0.172 e. The standard InChI is InChI=1S/C20H33N5OS2/c1-2-28-19(21)23-20(27)22-15-5-7-16(8-6-15)24-12-9-17(10-13-24)25-11-3-4-18(26)14-25/h5,7-8,15,17-18,26H,2-4,6,9-14H2,1H3,(H3,21,22,23,27). The molecule has 2 saturated heterocycles. The molecule has 0 aromatic carbocycles. The Balaban J connectivity index is 1.40. The molecule has 28 heavy (non-hydrogen) atoms. The zero-order valence-electron chi connectivity index (χ0n) is 16.7. The molecule has 0 radical (unpaired) electrons. The fourth-order valence-corrected chi connectivity index (χ4v) is 5.02. The number of hydrogen-bond acceptors (Lipinski definition) is 6. The Morgan fingerprint density at radius 2 is 2.11 bits per heavy atom. The topological polar surface area (TPSA) is 74.6 Å². The molecule has 8 heteroatoms. The summed E-state index contributed by atoms with van der Waals surface area (Å²) >= 11 is 6.74. The highest BCUT2D eigenvalue weighted by atomic mass is 32.2. The van der Waals surface area contributed by atoms with Crippen LogP contribution in [0.15, 0.2) is 23.9 Å². The van der Waals surface area contributed by atoms with Crippen LogP contribution >= 0.6 is 24.0 Å². The fourth-order valence-electron chi connectivity index (χ4n) is 4.24. The van der Waals surface area contributed by atoms with Gasteiger partial charge < -0.3 is 20.6 Å². The Labute approximate surface area is 178 Å². The molecule has 0 aromatic heterocycles. The SMILES string of the molecule is CCSC(=N)NC(=S)NC1C=CC(N2CCC(N3CCCC(O)C3)CC2)=CC1. The molecule has 2 fully saturated rings. The van der Waals surface area contributed by atoms with E-state index in [-0.39, 0.29) is 12.1 Å². The van der Waals surface area contributed by atoms with Gasteiger partial charge in [-0.2, -0.15) is 0 Å². The van der Waals surface area contributed by atoms with Crippen LogP contribution in [0.2, 0.25) is 0 Å². The lowest BCUT2D eigenvalue weighted by atomic mass is 9.97. The quantitative estimate of drug-likeness (QED) is 0.314. The van der Waals surface area contributed by atoms with E-state index in [0.29, 0.717) is 16.3 Å². The number of hydrogen-bond donors (Lipinski definition) is 4. The van der Waals surface area contributed by atoms with Crippen molar-refractivity contribution in [1.29, 1.82) is 5.41 Å². The molecule has 0 spiro atoms. The van der Waals surface area contributed by atoms with Gasteiger partial charge in [0, 0.05) is 31.4 Å². The van der Waals surface area contributed by atoms with E-state index < -0.39 is 0 Å². The number of β-amino-alcohol motifs (C(OH)–C–C–N with tert-alkyl or cyclic N) is 1. The largest absolute Gasteiger partial charge is 0.392 e. The maximum absolute atomic E-state index is 9.93. The van der Waals surface area contributed by atoms with Crippen LogP contribution in [0.25, 0.3) is 0 Å². The predicted molar refractivity (Wildman–Crippen MR) is 122 cm³/mol. The van der Waals surface area contributed by atoms with Gasteiger partial charge in [-0.05, 0) is 62.7 Å². The third-order valence-electron chi connectivity index (χ3n) is 5.69. The molecule has 3 rings (SSSR count). The Hall–Kier alpha value is -1.09. The average molecular weight is 424 g/mol. The van der Waals surface area contributed by atoms with Gasteiger partial charge in [-0.15, -0.1) is 0 Å². The van der Waals surface area contributed by atoms with Crippen molar-refractivity contribution < 1.29 is 5.11 Å². The lowest BCUT2D eigenvalue weighted by Crippen LogP contribution is -2.49. The zero-order valence-corrected chi connectivity index (χ0v) is 18.3. The number of rotatable bonds is 4. The summed E-state index contributed by atoms with van der Waals surface area (Å²) in [7, 11) is 0. The summed E-state index contributed by atoms with van der Waals surface area (Å²) < 4.78 is 0. The van der Waals surface area contributed by atoms with Crippen molar-refractivity contribution in [3.8, 4) is 0 Å². The van der Waals surface area contributed by atoms with Gasteiger partial charge >= 0.3 is 0 Å². The summed E-state index contributed by atoms with van der Waals surface area (Å²) in [6.07, 6.45) is 11.8. The molecule has 6 nitrogen and oxygen atoms in total. The number of aliphatic hydroxyl groups excluding tert-OH is 1. The van der Waals surface area contributed by atoms with Crippen LogP contribution < -0.4 is 10.6 Å². The predicted octanol–water partition coefficient (Wildman–Crippen LogP) is 2.27. The molecule has 0 amide bonds. The summed E-state index contributed by atoms with van der Waals surface area (Å²) in [6.45, 7) is 6.17. The van der Waals surface area contributed by atoms with Crippen LogP contribution in [0.3, 0.4) is 0 Å². The van der Waals surface area contributed by atoms with Crippen molar-refractivity contribution in [3.63, 3.8) is 0 Å². The number of thiocarbonyl (C=S) groups is 1. The number of amidine groups is 1. The van der Waals surface area contributed by atoms with Crippen molar-refractivity contribution in [3.05, 3.63) is 23.9 Å². The first-order valence-electron chi connectivity index (χ1n) is 10.4. The van der Waals surface area contributed by atoms with E-state index in [1.165, 1.54) is 30.3 Å². The van der Waals surface area contributed by atoms with Crippen molar-refractivity contribution in [2.24, 2.45) is 0 Å². The van der Waals surface area contributed by atoms with E-state index in [2.05, 4.69) is 38.7 Å². The molecule has 0 bridgehead atoms. The summed E-state index contributed by atoms with van der Waals surface area (Å²) in [5.74, 6) is 0.860. The lowest BCUT2D eigenvalue weighted by Gasteiger charge is -2.42. The summed E-state index contributed by atoms with van der Waals surface area (Å²) in [5.41, 5.74) is 1.31. The molecule has 2 unspecified atom stereocenters. The van der Waals surface area contributed by atoms with E-state index >= 15 is 0 Å². The lowest BCUT2D eigenvalue weighted by molar-refractivity contribution is 0.0292. The third kappa shape index (κ3) is 6.20. The Morgan fingerprint density at radius 3 is 2.75 bits per heavy atom. The minimum Gasteiger partial charge on any atom is -0.392 e. The first-order chi connectivity index (χ1) is 13.5. The van der Waals surface area contributed by atoms with Gasteiger partial charge in [0.05, 0.1) is 12.1 Å². The minimum atomic E-state index is -0.134. The van der Waals surface area contributed by atoms with Gasteiger partial charge in [-0.3, -0.25) is 10.3 Å². The first-order valence-corrected chi connectivity index (χ1v) is 11.8. The van der Waals surface area contributed by atoms with Crippen LogP contribution in [0.5, 0.6) is 0 Å². The Morgan fingerprint density at radius 1 is 1.32 bits per heavy atom. The average Bonchev–Trinajstić information content (AvgIpc) is 2.69. The van der Waals surface area contributed by atoms with Crippen LogP contribution in [-0.2, 0) is 0 Å². The molecule has 0 aromatic rings. The van der Waals surface area contributed by atoms with Crippen LogP contribution in [-0.4, -0.2) is 75.3 Å². The molecule has 2 aliphatic heterocycles. The van der Waals surface area contributed by atoms with Crippen molar-refractivity contribution in [2.75, 3.05) is 31.9 Å². The van der Waals surface area contributed by atoms with Crippen LogP contribution in [0.4, 0.5) is 0 Å². The van der Waals surface area contributed by atoms with Gasteiger partial charge in [0.15, 0.2) is 10.3 Å². The van der Waals surface area contributed by atoms with E-state index in [9.17, 15) is 5.11 Å². The number of thioether (sulfide) groups is 1. The van der Waals surface area contributed by atoms with Crippen molar-refractivity contribution >= 4 is 34.3 Å². The van der Waals surface area contributed by atoms with Gasteiger partial charge in [0.1, 0.15) is 0 Å². The van der Waals surface area contributed by atoms with E-state index in [4.69, 9.17) is 17.6 Å². The van der Waals surface area contributed by atoms with Crippen molar-refractivity contribution in [1.82, 2.24) is 20.4 Å². The van der Waals surface area contributed by atoms with Gasteiger partial charge in [-0.25, -0.2) is 0 Å². The smallest absolute Gasteiger partial charge is 0.172 e. The third-order valence-corrected chi connectivity index (χ3v) is 6.59. The molecule has 1 aliphatic carbocycles. The molecule has 3 aliphatic rings. The summed E-state index contributed by atoms with van der Waals surface area (Å²) in [6, 6.07) is 0.795. The second-order valence-electron chi connectivity index (χ2n) is 7.70. The minimum absolute atomic E-state index is 0.134. The summed E-state index contributed by atoms with van der Waals surface area (Å²) in [4.78, 5) is 4.98. The normalized spacial score (nSPS) is 26.6. The number of allylic oxidation sites excluding steroid dienone is 1. The number of piperidine rings is 2. The Kier molecular flexibility index (Phi) is 8.20. The highest BCUT2D eigenvalue weighted by molar-refractivity contribution is 8.13. The number of nitrogens with zero attached hydrogens (tertiary/aromatic N) is 2. The maximum atomic E-state index is 9.93. The number of nitrogens with one attached hydrogen (secondary N) is 3. The molecule has 4 N–H and O–H groups in total. The fraction of sp³-hybridized carbons (Fsp3) is 0.700. The Bertz CT molecular complexity index is 616. The molecule has 156 valence electrons. The highest BCUT2D eigenvalue weighted by Crippen LogP contribution is 2.25. The van der Waals surface area contributed by atoms with E-state index in [1.54, 1.807) is 0 Å². The zero-order chi connectivity index (χ0) is 19.9. The second kappa shape index (κ2) is 10.6. The molecular formula is C20H33N5OS2. The van der Waals surface area contributed by atoms with Gasteiger partial charge in [-0.1, -0.05) is 30.8 Å².